The minimum Gasteiger partial charge on any atom is -0.460 e. The standard InChI is InChI=1S/C18H17ClN2O3/c1-10-13(6-16(24-10)12-4-2-3-5-15(12)19)18(23)21-8-11-7-20-17(22)14(11)9-21/h2-6,11,14H,7-9H2,1H3,(H,20,22)/t11-,14+/m0/s1. The van der Waals surface area contributed by atoms with Crippen molar-refractivity contribution in [2.45, 2.75) is 6.92 Å². The van der Waals surface area contributed by atoms with Crippen LogP contribution in [-0.4, -0.2) is 36.3 Å². The van der Waals surface area contributed by atoms with E-state index in [9.17, 15) is 9.59 Å². The van der Waals surface area contributed by atoms with Crippen molar-refractivity contribution in [3.05, 3.63) is 46.7 Å². The second-order valence-electron chi connectivity index (χ2n) is 6.38. The number of furan rings is 1. The molecular weight excluding hydrogens is 328 g/mol. The molecule has 5 nitrogen and oxygen atoms in total. The molecule has 2 saturated heterocycles. The van der Waals surface area contributed by atoms with Crippen molar-refractivity contribution in [2.24, 2.45) is 11.8 Å². The van der Waals surface area contributed by atoms with Gasteiger partial charge >= 0.3 is 0 Å². The highest BCUT2D eigenvalue weighted by Crippen LogP contribution is 2.33. The van der Waals surface area contributed by atoms with Crippen LogP contribution in [0.15, 0.2) is 34.7 Å². The zero-order chi connectivity index (χ0) is 16.8. The first-order valence-corrected chi connectivity index (χ1v) is 8.34. The van der Waals surface area contributed by atoms with Crippen molar-refractivity contribution in [3.63, 3.8) is 0 Å². The average Bonchev–Trinajstić information content (AvgIpc) is 3.24. The molecule has 124 valence electrons. The maximum Gasteiger partial charge on any atom is 0.257 e. The largest absolute Gasteiger partial charge is 0.460 e. The van der Waals surface area contributed by atoms with E-state index in [1.165, 1.54) is 0 Å². The number of nitrogens with zero attached hydrogens (tertiary/aromatic N) is 1. The number of benzene rings is 1. The fourth-order valence-electron chi connectivity index (χ4n) is 3.56. The van der Waals surface area contributed by atoms with Gasteiger partial charge in [-0.15, -0.1) is 0 Å². The Morgan fingerprint density at radius 3 is 2.88 bits per heavy atom. The van der Waals surface area contributed by atoms with Gasteiger partial charge in [0.15, 0.2) is 0 Å². The van der Waals surface area contributed by atoms with E-state index in [4.69, 9.17) is 16.0 Å². The van der Waals surface area contributed by atoms with Crippen LogP contribution in [0.1, 0.15) is 16.1 Å². The van der Waals surface area contributed by atoms with Gasteiger partial charge in [0.05, 0.1) is 16.5 Å². The number of aryl methyl sites for hydroxylation is 1. The number of fused-ring (bicyclic) bond motifs is 1. The second kappa shape index (κ2) is 5.67. The molecule has 4 rings (SSSR count). The van der Waals surface area contributed by atoms with E-state index in [2.05, 4.69) is 5.32 Å². The number of halogens is 1. The number of nitrogens with one attached hydrogen (secondary N) is 1. The molecule has 2 aliphatic rings. The summed E-state index contributed by atoms with van der Waals surface area (Å²) in [5.41, 5.74) is 1.30. The molecule has 0 unspecified atom stereocenters. The van der Waals surface area contributed by atoms with E-state index in [1.54, 1.807) is 24.0 Å². The summed E-state index contributed by atoms with van der Waals surface area (Å²) >= 11 is 6.21. The molecule has 24 heavy (non-hydrogen) atoms. The molecule has 3 heterocycles. The summed E-state index contributed by atoms with van der Waals surface area (Å²) in [6.45, 7) is 3.51. The minimum atomic E-state index is -0.0863. The van der Waals surface area contributed by atoms with Gasteiger partial charge < -0.3 is 14.6 Å². The Bertz CT molecular complexity index is 829. The fourth-order valence-corrected chi connectivity index (χ4v) is 3.79. The molecule has 0 bridgehead atoms. The van der Waals surface area contributed by atoms with Crippen molar-refractivity contribution in [1.29, 1.82) is 0 Å². The fraction of sp³-hybridized carbons (Fsp3) is 0.333. The first-order chi connectivity index (χ1) is 11.5. The van der Waals surface area contributed by atoms with Gasteiger partial charge in [-0.2, -0.15) is 0 Å². The quantitative estimate of drug-likeness (QED) is 0.911. The second-order valence-corrected chi connectivity index (χ2v) is 6.79. The van der Waals surface area contributed by atoms with Crippen molar-refractivity contribution in [1.82, 2.24) is 10.2 Å². The highest BCUT2D eigenvalue weighted by Gasteiger charge is 2.44. The molecule has 2 fully saturated rings. The van der Waals surface area contributed by atoms with Crippen LogP contribution in [0.25, 0.3) is 11.3 Å². The smallest absolute Gasteiger partial charge is 0.257 e. The third kappa shape index (κ3) is 2.40. The van der Waals surface area contributed by atoms with Gasteiger partial charge in [-0.25, -0.2) is 0 Å². The van der Waals surface area contributed by atoms with Crippen LogP contribution >= 0.6 is 11.6 Å². The lowest BCUT2D eigenvalue weighted by atomic mass is 10.0. The van der Waals surface area contributed by atoms with Crippen LogP contribution in [0.2, 0.25) is 5.02 Å². The molecule has 2 aliphatic heterocycles. The number of amides is 2. The molecule has 2 amide bonds. The zero-order valence-electron chi connectivity index (χ0n) is 13.2. The molecule has 2 aromatic rings. The van der Waals surface area contributed by atoms with E-state index >= 15 is 0 Å². The number of carbonyl (C=O) groups is 2. The highest BCUT2D eigenvalue weighted by molar-refractivity contribution is 6.33. The van der Waals surface area contributed by atoms with Crippen molar-refractivity contribution < 1.29 is 14.0 Å². The topological polar surface area (TPSA) is 62.6 Å². The molecule has 1 aromatic heterocycles. The molecule has 6 heteroatoms. The van der Waals surface area contributed by atoms with Crippen molar-refractivity contribution >= 4 is 23.4 Å². The van der Waals surface area contributed by atoms with E-state index in [0.29, 0.717) is 41.7 Å². The number of likely N-dealkylation sites (tertiary alicyclic amines) is 1. The predicted octanol–water partition coefficient (Wildman–Crippen LogP) is 2.73. The lowest BCUT2D eigenvalue weighted by molar-refractivity contribution is -0.122. The summed E-state index contributed by atoms with van der Waals surface area (Å²) in [5, 5.41) is 3.44. The van der Waals surface area contributed by atoms with E-state index in [0.717, 1.165) is 5.56 Å². The van der Waals surface area contributed by atoms with Gasteiger partial charge in [-0.05, 0) is 25.1 Å². The van der Waals surface area contributed by atoms with Gasteiger partial charge in [-0.3, -0.25) is 9.59 Å². The van der Waals surface area contributed by atoms with Crippen LogP contribution in [0, 0.1) is 18.8 Å². The van der Waals surface area contributed by atoms with Crippen molar-refractivity contribution in [2.75, 3.05) is 19.6 Å². The number of rotatable bonds is 2. The number of hydrogen-bond donors (Lipinski definition) is 1. The molecule has 0 radical (unpaired) electrons. The van der Waals surface area contributed by atoms with Gasteiger partial charge in [0.1, 0.15) is 11.5 Å². The first-order valence-electron chi connectivity index (χ1n) is 7.97. The summed E-state index contributed by atoms with van der Waals surface area (Å²) in [6.07, 6.45) is 0. The SMILES string of the molecule is Cc1oc(-c2ccccc2Cl)cc1C(=O)N1C[C@@H]2CNC(=O)[C@@H]2C1. The summed E-state index contributed by atoms with van der Waals surface area (Å²) in [6, 6.07) is 9.12. The Morgan fingerprint density at radius 2 is 2.12 bits per heavy atom. The molecule has 1 N–H and O–H groups in total. The monoisotopic (exact) mass is 344 g/mol. The number of hydrogen-bond acceptors (Lipinski definition) is 3. The summed E-state index contributed by atoms with van der Waals surface area (Å²) in [4.78, 5) is 26.4. The first kappa shape index (κ1) is 15.3. The van der Waals surface area contributed by atoms with Crippen LogP contribution in [-0.2, 0) is 4.79 Å². The minimum absolute atomic E-state index is 0.0518. The van der Waals surface area contributed by atoms with E-state index < -0.39 is 0 Å². The maximum atomic E-state index is 12.8. The normalized spacial score (nSPS) is 22.6. The Hall–Kier alpha value is -2.27. The molecule has 0 spiro atoms. The molecular formula is C18H17ClN2O3. The summed E-state index contributed by atoms with van der Waals surface area (Å²) < 4.78 is 5.77. The van der Waals surface area contributed by atoms with Crippen LogP contribution in [0.5, 0.6) is 0 Å². The molecule has 2 atom stereocenters. The third-order valence-corrected chi connectivity index (χ3v) is 5.22. The predicted molar refractivity (Wildman–Crippen MR) is 89.8 cm³/mol. The average molecular weight is 345 g/mol. The molecule has 0 aliphatic carbocycles. The van der Waals surface area contributed by atoms with Crippen LogP contribution in [0.4, 0.5) is 0 Å². The van der Waals surface area contributed by atoms with Crippen LogP contribution in [0.3, 0.4) is 0 Å². The maximum absolute atomic E-state index is 12.8. The van der Waals surface area contributed by atoms with Gasteiger partial charge in [-0.1, -0.05) is 23.7 Å². The number of carbonyl (C=O) groups excluding carboxylic acids is 2. The Morgan fingerprint density at radius 1 is 1.33 bits per heavy atom. The zero-order valence-corrected chi connectivity index (χ0v) is 14.0. The van der Waals surface area contributed by atoms with Gasteiger partial charge in [0, 0.05) is 31.1 Å². The van der Waals surface area contributed by atoms with Crippen molar-refractivity contribution in [3.8, 4) is 11.3 Å². The van der Waals surface area contributed by atoms with Gasteiger partial charge in [0.2, 0.25) is 5.91 Å². The third-order valence-electron chi connectivity index (χ3n) is 4.89. The summed E-state index contributed by atoms with van der Waals surface area (Å²) in [7, 11) is 0. The summed E-state index contributed by atoms with van der Waals surface area (Å²) in [5.74, 6) is 1.25. The van der Waals surface area contributed by atoms with E-state index in [1.807, 2.05) is 18.2 Å². The van der Waals surface area contributed by atoms with Crippen LogP contribution < -0.4 is 5.32 Å². The lowest BCUT2D eigenvalue weighted by Crippen LogP contribution is -2.33. The Kier molecular flexibility index (Phi) is 3.61. The van der Waals surface area contributed by atoms with E-state index in [-0.39, 0.29) is 23.7 Å². The molecule has 0 saturated carbocycles. The van der Waals surface area contributed by atoms with Gasteiger partial charge in [0.25, 0.3) is 5.91 Å². The highest BCUT2D eigenvalue weighted by atomic mass is 35.5. The Labute approximate surface area is 144 Å². The lowest BCUT2D eigenvalue weighted by Gasteiger charge is -2.16. The molecule has 1 aromatic carbocycles. The Balaban J connectivity index is 1.60.